The topological polar surface area (TPSA) is 47.8 Å². The minimum atomic E-state index is -0.166. The van der Waals surface area contributed by atoms with Gasteiger partial charge in [0.15, 0.2) is 5.78 Å². The second kappa shape index (κ2) is 2.97. The first-order chi connectivity index (χ1) is 5.24. The Morgan fingerprint density at radius 3 is 3.09 bits per heavy atom. The van der Waals surface area contributed by atoms with Crippen LogP contribution in [0.5, 0.6) is 0 Å². The van der Waals surface area contributed by atoms with Crippen molar-refractivity contribution in [2.24, 2.45) is 7.05 Å². The smallest absolute Gasteiger partial charge is 0.196 e. The van der Waals surface area contributed by atoms with Crippen LogP contribution < -0.4 is 0 Å². The summed E-state index contributed by atoms with van der Waals surface area (Å²) in [7, 11) is 1.65. The molecule has 1 aromatic rings. The normalized spacial score (nSPS) is 9.09. The van der Waals surface area contributed by atoms with Gasteiger partial charge in [0, 0.05) is 7.05 Å². The number of aromatic nitrogens is 3. The molecule has 1 aromatic heterocycles. The Balaban J connectivity index is 2.78. The van der Waals surface area contributed by atoms with E-state index in [2.05, 4.69) is 16.1 Å². The lowest BCUT2D eigenvalue weighted by molar-refractivity contribution is 0.0993. The van der Waals surface area contributed by atoms with Gasteiger partial charge in [-0.2, -0.15) is 15.0 Å². The quantitative estimate of drug-likeness (QED) is 0.440. The van der Waals surface area contributed by atoms with Crippen LogP contribution in [0.1, 0.15) is 16.9 Å². The second-order valence-corrected chi connectivity index (χ2v) is 2.02. The molecule has 0 saturated heterocycles. The lowest BCUT2D eigenvalue weighted by Crippen LogP contribution is -2.00. The number of hydrogen-bond donors (Lipinski definition) is 0. The lowest BCUT2D eigenvalue weighted by atomic mass is 10.2. The minimum absolute atomic E-state index is 0.0820. The van der Waals surface area contributed by atoms with Crippen molar-refractivity contribution in [3.05, 3.63) is 11.9 Å². The maximum atomic E-state index is 11.0. The van der Waals surface area contributed by atoms with Crippen molar-refractivity contribution in [1.82, 2.24) is 15.0 Å². The molecule has 0 unspecified atom stereocenters. The summed E-state index contributed by atoms with van der Waals surface area (Å²) in [6.45, 7) is 0. The van der Waals surface area contributed by atoms with Crippen molar-refractivity contribution in [2.45, 2.75) is 6.42 Å². The summed E-state index contributed by atoms with van der Waals surface area (Å²) in [5.74, 6) is 2.08. The first kappa shape index (κ1) is 7.48. The number of rotatable bonds is 2. The zero-order valence-electron chi connectivity index (χ0n) is 6.11. The van der Waals surface area contributed by atoms with Gasteiger partial charge in [-0.1, -0.05) is 5.92 Å². The molecule has 0 aliphatic carbocycles. The molecule has 11 heavy (non-hydrogen) atoms. The SMILES string of the molecule is C#CCC(=O)c1cnn(C)n1. The van der Waals surface area contributed by atoms with Crippen molar-refractivity contribution in [3.63, 3.8) is 0 Å². The van der Waals surface area contributed by atoms with E-state index < -0.39 is 0 Å². The van der Waals surface area contributed by atoms with Crippen LogP contribution in [0.25, 0.3) is 0 Å². The first-order valence-electron chi connectivity index (χ1n) is 3.07. The molecule has 0 saturated carbocycles. The van der Waals surface area contributed by atoms with Gasteiger partial charge >= 0.3 is 0 Å². The lowest BCUT2D eigenvalue weighted by Gasteiger charge is -1.85. The summed E-state index contributed by atoms with van der Waals surface area (Å²) in [6, 6.07) is 0. The summed E-state index contributed by atoms with van der Waals surface area (Å²) < 4.78 is 0. The summed E-state index contributed by atoms with van der Waals surface area (Å²) in [6.07, 6.45) is 6.43. The van der Waals surface area contributed by atoms with Gasteiger partial charge in [-0.15, -0.1) is 6.42 Å². The number of nitrogens with zero attached hydrogens (tertiary/aromatic N) is 3. The predicted octanol–water partition coefficient (Wildman–Crippen LogP) is 0.0211. The van der Waals surface area contributed by atoms with E-state index in [1.165, 1.54) is 11.0 Å². The zero-order valence-corrected chi connectivity index (χ0v) is 6.11. The highest BCUT2D eigenvalue weighted by Crippen LogP contribution is 1.95. The van der Waals surface area contributed by atoms with Gasteiger partial charge in [-0.3, -0.25) is 4.79 Å². The molecular weight excluding hydrogens is 142 g/mol. The van der Waals surface area contributed by atoms with E-state index >= 15 is 0 Å². The van der Waals surface area contributed by atoms with Gasteiger partial charge in [0.1, 0.15) is 5.69 Å². The Morgan fingerprint density at radius 1 is 1.91 bits per heavy atom. The van der Waals surface area contributed by atoms with Crippen LogP contribution in [-0.2, 0) is 7.05 Å². The number of ketones is 1. The van der Waals surface area contributed by atoms with Crippen molar-refractivity contribution in [2.75, 3.05) is 0 Å². The highest BCUT2D eigenvalue weighted by Gasteiger charge is 2.06. The monoisotopic (exact) mass is 149 g/mol. The standard InChI is InChI=1S/C7H7N3O/c1-3-4-7(11)6-5-8-10(2)9-6/h1,5H,4H2,2H3. The Kier molecular flexibility index (Phi) is 2.02. The third-order valence-electron chi connectivity index (χ3n) is 1.15. The van der Waals surface area contributed by atoms with Gasteiger partial charge in [-0.05, 0) is 0 Å². The average Bonchev–Trinajstić information content (AvgIpc) is 2.36. The molecule has 1 rings (SSSR count). The van der Waals surface area contributed by atoms with Crippen molar-refractivity contribution in [3.8, 4) is 12.3 Å². The molecule has 0 bridgehead atoms. The van der Waals surface area contributed by atoms with Crippen LogP contribution in [0, 0.1) is 12.3 Å². The van der Waals surface area contributed by atoms with E-state index in [-0.39, 0.29) is 12.2 Å². The summed E-state index contributed by atoms with van der Waals surface area (Å²) in [5.41, 5.74) is 0.324. The third kappa shape index (κ3) is 1.64. The molecule has 0 aliphatic rings. The molecule has 4 nitrogen and oxygen atoms in total. The molecule has 0 aliphatic heterocycles. The minimum Gasteiger partial charge on any atom is -0.291 e. The van der Waals surface area contributed by atoms with E-state index in [1.807, 2.05) is 0 Å². The molecule has 0 fully saturated rings. The molecule has 0 radical (unpaired) electrons. The summed E-state index contributed by atoms with van der Waals surface area (Å²) in [4.78, 5) is 12.3. The molecule has 0 spiro atoms. The van der Waals surface area contributed by atoms with Crippen LogP contribution in [-0.4, -0.2) is 20.8 Å². The summed E-state index contributed by atoms with van der Waals surface area (Å²) in [5, 5.41) is 7.53. The maximum absolute atomic E-state index is 11.0. The largest absolute Gasteiger partial charge is 0.291 e. The molecule has 0 N–H and O–H groups in total. The van der Waals surface area contributed by atoms with Crippen LogP contribution in [0.3, 0.4) is 0 Å². The van der Waals surface area contributed by atoms with Crippen LogP contribution in [0.4, 0.5) is 0 Å². The van der Waals surface area contributed by atoms with E-state index in [1.54, 1.807) is 7.05 Å². The molecule has 0 aromatic carbocycles. The molecular formula is C7H7N3O. The highest BCUT2D eigenvalue weighted by atomic mass is 16.1. The number of aryl methyl sites for hydroxylation is 1. The average molecular weight is 149 g/mol. The third-order valence-corrected chi connectivity index (χ3v) is 1.15. The number of carbonyl (C=O) groups excluding carboxylic acids is 1. The Morgan fingerprint density at radius 2 is 2.64 bits per heavy atom. The van der Waals surface area contributed by atoms with Crippen LogP contribution in [0.15, 0.2) is 6.20 Å². The fourth-order valence-electron chi connectivity index (χ4n) is 0.657. The number of carbonyl (C=O) groups is 1. The fourth-order valence-corrected chi connectivity index (χ4v) is 0.657. The van der Waals surface area contributed by atoms with E-state index in [9.17, 15) is 4.79 Å². The van der Waals surface area contributed by atoms with Gasteiger partial charge in [-0.25, -0.2) is 0 Å². The Hall–Kier alpha value is -1.63. The first-order valence-corrected chi connectivity index (χ1v) is 3.07. The summed E-state index contributed by atoms with van der Waals surface area (Å²) >= 11 is 0. The van der Waals surface area contributed by atoms with Crippen LogP contribution in [0.2, 0.25) is 0 Å². The van der Waals surface area contributed by atoms with Gasteiger partial charge in [0.25, 0.3) is 0 Å². The van der Waals surface area contributed by atoms with Crippen molar-refractivity contribution >= 4 is 5.78 Å². The van der Waals surface area contributed by atoms with Gasteiger partial charge in [0.2, 0.25) is 0 Å². The number of terminal acetylenes is 1. The van der Waals surface area contributed by atoms with Gasteiger partial charge in [0.05, 0.1) is 12.6 Å². The van der Waals surface area contributed by atoms with Crippen LogP contribution >= 0.6 is 0 Å². The van der Waals surface area contributed by atoms with E-state index in [0.717, 1.165) is 0 Å². The zero-order chi connectivity index (χ0) is 8.27. The second-order valence-electron chi connectivity index (χ2n) is 2.02. The fraction of sp³-hybridized carbons (Fsp3) is 0.286. The Labute approximate surface area is 64.2 Å². The number of hydrogen-bond acceptors (Lipinski definition) is 3. The van der Waals surface area contributed by atoms with E-state index in [4.69, 9.17) is 6.42 Å². The molecule has 4 heteroatoms. The van der Waals surface area contributed by atoms with Crippen molar-refractivity contribution in [1.29, 1.82) is 0 Å². The molecule has 1 heterocycles. The molecule has 0 atom stereocenters. The molecule has 56 valence electrons. The number of Topliss-reactive ketones (excluding diaryl/α,β-unsaturated/α-hetero) is 1. The highest BCUT2D eigenvalue weighted by molar-refractivity contribution is 5.95. The van der Waals surface area contributed by atoms with E-state index in [0.29, 0.717) is 5.69 Å². The van der Waals surface area contributed by atoms with Gasteiger partial charge < -0.3 is 0 Å². The molecule has 0 amide bonds. The van der Waals surface area contributed by atoms with Crippen molar-refractivity contribution < 1.29 is 4.79 Å². The maximum Gasteiger partial charge on any atom is 0.196 e. The predicted molar refractivity (Wildman–Crippen MR) is 38.8 cm³/mol. The Bertz CT molecular complexity index is 308.